The van der Waals surface area contributed by atoms with E-state index in [-0.39, 0.29) is 49.2 Å². The standard InChI is InChI=1S/C40H62O11/c1-3-37(41)48-25-23-45-21-22-46-27-29-5-9-33(10-6-29)39(43)50-35-17-13-31(14-18-35)32-15-19-36(20-16-32)51-40(44)34-11-7-30(8-12-34)28-47-24-26-49-38(42)4-2/h3-4,29-36H,1-2,5-28H2. The molecule has 0 unspecified atom stereocenters. The van der Waals surface area contributed by atoms with Gasteiger partial charge in [-0.1, -0.05) is 13.2 Å². The first-order chi connectivity index (χ1) is 24.8. The molecule has 4 rings (SSSR count). The van der Waals surface area contributed by atoms with Crippen LogP contribution in [0.3, 0.4) is 0 Å². The molecule has 4 aliphatic rings. The van der Waals surface area contributed by atoms with E-state index in [9.17, 15) is 19.2 Å². The fourth-order valence-electron chi connectivity index (χ4n) is 8.25. The predicted molar refractivity (Wildman–Crippen MR) is 189 cm³/mol. The highest BCUT2D eigenvalue weighted by Crippen LogP contribution is 2.41. The molecule has 0 bridgehead atoms. The van der Waals surface area contributed by atoms with Gasteiger partial charge in [-0.05, 0) is 126 Å². The maximum absolute atomic E-state index is 13.0. The third kappa shape index (κ3) is 15.0. The van der Waals surface area contributed by atoms with Crippen LogP contribution in [0.4, 0.5) is 0 Å². The number of ether oxygens (including phenoxy) is 7. The van der Waals surface area contributed by atoms with Crippen molar-refractivity contribution in [1.29, 1.82) is 0 Å². The van der Waals surface area contributed by atoms with Crippen LogP contribution in [0, 0.1) is 35.5 Å². The largest absolute Gasteiger partial charge is 0.462 e. The summed E-state index contributed by atoms with van der Waals surface area (Å²) in [5.41, 5.74) is 0. The van der Waals surface area contributed by atoms with Crippen molar-refractivity contribution in [2.45, 2.75) is 115 Å². The van der Waals surface area contributed by atoms with Crippen molar-refractivity contribution < 1.29 is 52.3 Å². The fraction of sp³-hybridized carbons (Fsp3) is 0.800. The molecule has 51 heavy (non-hydrogen) atoms. The molecule has 0 spiro atoms. The second kappa shape index (κ2) is 23.0. The summed E-state index contributed by atoms with van der Waals surface area (Å²) in [6.07, 6.45) is 17.8. The van der Waals surface area contributed by atoms with E-state index in [2.05, 4.69) is 13.2 Å². The molecular formula is C40H62O11. The zero-order valence-electron chi connectivity index (χ0n) is 30.6. The summed E-state index contributed by atoms with van der Waals surface area (Å²) >= 11 is 0. The van der Waals surface area contributed by atoms with Gasteiger partial charge in [0, 0.05) is 25.4 Å². The Labute approximate surface area is 304 Å². The van der Waals surface area contributed by atoms with Gasteiger partial charge in [0.25, 0.3) is 0 Å². The summed E-state index contributed by atoms with van der Waals surface area (Å²) in [7, 11) is 0. The Morgan fingerprint density at radius 1 is 0.451 bits per heavy atom. The zero-order chi connectivity index (χ0) is 36.3. The van der Waals surface area contributed by atoms with Gasteiger partial charge in [0.05, 0.1) is 38.3 Å². The Balaban J connectivity index is 0.991. The lowest BCUT2D eigenvalue weighted by molar-refractivity contribution is -0.160. The van der Waals surface area contributed by atoms with Crippen LogP contribution in [-0.2, 0) is 52.3 Å². The Bertz CT molecular complexity index is 1080. The second-order valence-corrected chi connectivity index (χ2v) is 14.9. The number of rotatable bonds is 20. The molecule has 0 aromatic rings. The normalized spacial score (nSPS) is 29.6. The number of carbonyl (C=O) groups excluding carboxylic acids is 4. The number of hydrogen-bond acceptors (Lipinski definition) is 11. The summed E-state index contributed by atoms with van der Waals surface area (Å²) in [5, 5.41) is 0. The molecule has 4 fully saturated rings. The van der Waals surface area contributed by atoms with E-state index in [1.807, 2.05) is 0 Å². The van der Waals surface area contributed by atoms with E-state index in [1.54, 1.807) is 0 Å². The van der Waals surface area contributed by atoms with Gasteiger partial charge in [-0.3, -0.25) is 9.59 Å². The lowest BCUT2D eigenvalue weighted by Gasteiger charge is -2.38. The first kappa shape index (κ1) is 41.0. The van der Waals surface area contributed by atoms with E-state index in [1.165, 1.54) is 0 Å². The molecule has 4 aliphatic carbocycles. The first-order valence-corrected chi connectivity index (χ1v) is 19.6. The third-order valence-electron chi connectivity index (χ3n) is 11.4. The van der Waals surface area contributed by atoms with Crippen molar-refractivity contribution in [3.05, 3.63) is 25.3 Å². The van der Waals surface area contributed by atoms with Gasteiger partial charge in [0.2, 0.25) is 0 Å². The topological polar surface area (TPSA) is 133 Å². The van der Waals surface area contributed by atoms with Gasteiger partial charge in [-0.2, -0.15) is 0 Å². The number of hydrogen-bond donors (Lipinski definition) is 0. The smallest absolute Gasteiger partial charge is 0.330 e. The Hall–Kier alpha value is -2.76. The third-order valence-corrected chi connectivity index (χ3v) is 11.4. The van der Waals surface area contributed by atoms with Crippen LogP contribution in [0.2, 0.25) is 0 Å². The second-order valence-electron chi connectivity index (χ2n) is 14.9. The van der Waals surface area contributed by atoms with E-state index in [0.29, 0.717) is 63.3 Å². The van der Waals surface area contributed by atoms with Crippen molar-refractivity contribution in [3.8, 4) is 0 Å². The molecule has 0 atom stereocenters. The highest BCUT2D eigenvalue weighted by molar-refractivity contribution is 5.81. The molecule has 0 radical (unpaired) electrons. The Morgan fingerprint density at radius 3 is 1.20 bits per heavy atom. The van der Waals surface area contributed by atoms with Gasteiger partial charge in [-0.15, -0.1) is 0 Å². The lowest BCUT2D eigenvalue weighted by atomic mass is 9.72. The minimum absolute atomic E-state index is 0.00496. The molecule has 0 N–H and O–H groups in total. The Morgan fingerprint density at radius 2 is 0.804 bits per heavy atom. The highest BCUT2D eigenvalue weighted by Gasteiger charge is 2.36. The quantitative estimate of drug-likeness (QED) is 0.0607. The van der Waals surface area contributed by atoms with Crippen LogP contribution in [0.1, 0.15) is 103 Å². The van der Waals surface area contributed by atoms with Crippen LogP contribution in [0.25, 0.3) is 0 Å². The molecule has 288 valence electrons. The summed E-state index contributed by atoms with van der Waals surface area (Å²) in [6.45, 7) is 10.1. The van der Waals surface area contributed by atoms with Gasteiger partial charge >= 0.3 is 23.9 Å². The van der Waals surface area contributed by atoms with Crippen LogP contribution < -0.4 is 0 Å². The molecule has 11 heteroatoms. The lowest BCUT2D eigenvalue weighted by Crippen LogP contribution is -2.34. The van der Waals surface area contributed by atoms with E-state index in [4.69, 9.17) is 33.2 Å². The molecule has 0 aliphatic heterocycles. The van der Waals surface area contributed by atoms with E-state index >= 15 is 0 Å². The molecule has 0 aromatic carbocycles. The van der Waals surface area contributed by atoms with Crippen LogP contribution in [-0.4, -0.2) is 88.9 Å². The van der Waals surface area contributed by atoms with E-state index < -0.39 is 11.9 Å². The van der Waals surface area contributed by atoms with Crippen LogP contribution >= 0.6 is 0 Å². The predicted octanol–water partition coefficient (Wildman–Crippen LogP) is 6.31. The van der Waals surface area contributed by atoms with Crippen LogP contribution in [0.5, 0.6) is 0 Å². The van der Waals surface area contributed by atoms with Gasteiger partial charge in [0.1, 0.15) is 25.4 Å². The number of esters is 4. The molecular weight excluding hydrogens is 656 g/mol. The van der Waals surface area contributed by atoms with Crippen molar-refractivity contribution in [1.82, 2.24) is 0 Å². The van der Waals surface area contributed by atoms with E-state index in [0.717, 1.165) is 115 Å². The summed E-state index contributed by atoms with van der Waals surface area (Å²) in [5.74, 6) is 1.26. The van der Waals surface area contributed by atoms with Crippen LogP contribution in [0.15, 0.2) is 25.3 Å². The highest BCUT2D eigenvalue weighted by atomic mass is 16.6. The van der Waals surface area contributed by atoms with Crippen molar-refractivity contribution >= 4 is 23.9 Å². The fourth-order valence-corrected chi connectivity index (χ4v) is 8.25. The molecule has 0 amide bonds. The zero-order valence-corrected chi connectivity index (χ0v) is 30.6. The Kier molecular flexibility index (Phi) is 18.5. The van der Waals surface area contributed by atoms with Gasteiger partial charge in [-0.25, -0.2) is 9.59 Å². The minimum Gasteiger partial charge on any atom is -0.462 e. The van der Waals surface area contributed by atoms with Crippen molar-refractivity contribution in [2.24, 2.45) is 35.5 Å². The summed E-state index contributed by atoms with van der Waals surface area (Å²) < 4.78 is 38.7. The number of carbonyl (C=O) groups is 4. The molecule has 4 saturated carbocycles. The monoisotopic (exact) mass is 718 g/mol. The molecule has 0 heterocycles. The average molecular weight is 719 g/mol. The maximum atomic E-state index is 13.0. The summed E-state index contributed by atoms with van der Waals surface area (Å²) in [4.78, 5) is 48.0. The van der Waals surface area contributed by atoms with Gasteiger partial charge in [0.15, 0.2) is 0 Å². The van der Waals surface area contributed by atoms with Crippen molar-refractivity contribution in [3.63, 3.8) is 0 Å². The van der Waals surface area contributed by atoms with Crippen molar-refractivity contribution in [2.75, 3.05) is 52.9 Å². The molecule has 11 nitrogen and oxygen atoms in total. The maximum Gasteiger partial charge on any atom is 0.330 e. The first-order valence-electron chi connectivity index (χ1n) is 19.6. The minimum atomic E-state index is -0.451. The summed E-state index contributed by atoms with van der Waals surface area (Å²) in [6, 6.07) is 0. The molecule has 0 aromatic heterocycles. The molecule has 0 saturated heterocycles. The van der Waals surface area contributed by atoms with Gasteiger partial charge < -0.3 is 33.2 Å². The average Bonchev–Trinajstić information content (AvgIpc) is 3.16. The SMILES string of the molecule is C=CC(=O)OCCOCCOCC1CCC(C(=O)OC2CCC(C3CCC(OC(=O)C4CCC(COCCOC(=O)C=C)CC4)CC3)CC2)CC1.